The number of hydrogen-bond donors (Lipinski definition) is 1. The molecule has 144 valence electrons. The number of nitrogens with zero attached hydrogens (tertiary/aromatic N) is 3. The number of carbonyl (C=O) groups is 1. The highest BCUT2D eigenvalue weighted by atomic mass is 16.5. The number of urea groups is 1. The van der Waals surface area contributed by atoms with E-state index in [9.17, 15) is 4.79 Å². The zero-order chi connectivity index (χ0) is 19.5. The summed E-state index contributed by atoms with van der Waals surface area (Å²) in [6.07, 6.45) is 5.58. The van der Waals surface area contributed by atoms with Crippen LogP contribution in [0.3, 0.4) is 0 Å². The highest BCUT2D eigenvalue weighted by Crippen LogP contribution is 2.34. The third-order valence-electron chi connectivity index (χ3n) is 4.95. The molecule has 7 nitrogen and oxygen atoms in total. The van der Waals surface area contributed by atoms with Gasteiger partial charge in [-0.2, -0.15) is 0 Å². The first-order valence-electron chi connectivity index (χ1n) is 9.06. The van der Waals surface area contributed by atoms with Crippen molar-refractivity contribution in [3.8, 4) is 11.5 Å². The number of ether oxygens (including phenoxy) is 2. The molecule has 3 aromatic rings. The molecule has 28 heavy (non-hydrogen) atoms. The van der Waals surface area contributed by atoms with E-state index in [1.165, 1.54) is 0 Å². The average Bonchev–Trinajstić information content (AvgIpc) is 3.22. The van der Waals surface area contributed by atoms with Gasteiger partial charge in [-0.25, -0.2) is 4.79 Å². The summed E-state index contributed by atoms with van der Waals surface area (Å²) in [6.45, 7) is 1.33. The monoisotopic (exact) mass is 378 g/mol. The largest absolute Gasteiger partial charge is 0.497 e. The van der Waals surface area contributed by atoms with Crippen LogP contribution < -0.4 is 14.8 Å². The molecule has 1 aliphatic rings. The van der Waals surface area contributed by atoms with Crippen molar-refractivity contribution in [3.63, 3.8) is 0 Å². The molecule has 0 saturated heterocycles. The Morgan fingerprint density at radius 2 is 2.04 bits per heavy atom. The number of amides is 2. The first kappa shape index (κ1) is 17.9. The van der Waals surface area contributed by atoms with E-state index < -0.39 is 0 Å². The fourth-order valence-corrected chi connectivity index (χ4v) is 3.58. The smallest absolute Gasteiger partial charge is 0.322 e. The van der Waals surface area contributed by atoms with Gasteiger partial charge in [-0.05, 0) is 35.9 Å². The van der Waals surface area contributed by atoms with Gasteiger partial charge in [0.1, 0.15) is 17.5 Å². The minimum Gasteiger partial charge on any atom is -0.497 e. The van der Waals surface area contributed by atoms with E-state index in [0.717, 1.165) is 17.8 Å². The molecule has 0 radical (unpaired) electrons. The third kappa shape index (κ3) is 3.26. The molecule has 4 rings (SSSR count). The van der Waals surface area contributed by atoms with Crippen LogP contribution in [0.25, 0.3) is 0 Å². The van der Waals surface area contributed by atoms with Crippen molar-refractivity contribution in [2.24, 2.45) is 0 Å². The Hall–Kier alpha value is -3.48. The Bertz CT molecular complexity index is 971. The number of carbonyl (C=O) groups excluding carboxylic acids is 1. The summed E-state index contributed by atoms with van der Waals surface area (Å²) in [7, 11) is 3.16. The molecular formula is C21H22N4O3. The summed E-state index contributed by atoms with van der Waals surface area (Å²) in [5.74, 6) is 1.21. The van der Waals surface area contributed by atoms with Gasteiger partial charge in [0.05, 0.1) is 19.9 Å². The number of hydrogen-bond acceptors (Lipinski definition) is 4. The summed E-state index contributed by atoms with van der Waals surface area (Å²) in [6, 6.07) is 12.9. The first-order valence-corrected chi connectivity index (χ1v) is 9.06. The predicted molar refractivity (Wildman–Crippen MR) is 106 cm³/mol. The van der Waals surface area contributed by atoms with Crippen molar-refractivity contribution >= 4 is 11.7 Å². The van der Waals surface area contributed by atoms with E-state index in [1.54, 1.807) is 38.6 Å². The van der Waals surface area contributed by atoms with Crippen LogP contribution in [0.4, 0.5) is 10.5 Å². The quantitative estimate of drug-likeness (QED) is 0.754. The van der Waals surface area contributed by atoms with E-state index in [4.69, 9.17) is 9.47 Å². The lowest BCUT2D eigenvalue weighted by molar-refractivity contribution is 0.181. The summed E-state index contributed by atoms with van der Waals surface area (Å²) in [5.41, 5.74) is 2.63. The van der Waals surface area contributed by atoms with Crippen LogP contribution in [0.1, 0.15) is 17.3 Å². The van der Waals surface area contributed by atoms with E-state index >= 15 is 0 Å². The second-order valence-corrected chi connectivity index (χ2v) is 6.51. The lowest BCUT2D eigenvalue weighted by atomic mass is 10.0. The predicted octanol–water partition coefficient (Wildman–Crippen LogP) is 3.54. The van der Waals surface area contributed by atoms with Crippen LogP contribution in [-0.2, 0) is 6.54 Å². The molecule has 0 spiro atoms. The molecule has 0 bridgehead atoms. The van der Waals surface area contributed by atoms with Gasteiger partial charge in [-0.15, -0.1) is 0 Å². The number of methoxy groups -OCH3 is 2. The molecule has 2 aromatic heterocycles. The van der Waals surface area contributed by atoms with E-state index in [-0.39, 0.29) is 12.1 Å². The van der Waals surface area contributed by atoms with Gasteiger partial charge in [-0.1, -0.05) is 6.07 Å². The SMILES string of the molecule is COc1ccc(NC(=O)N2CCn3cccc3C2c2cccnc2)c(OC)c1. The molecule has 0 aliphatic carbocycles. The van der Waals surface area contributed by atoms with Crippen LogP contribution in [0.15, 0.2) is 61.1 Å². The Balaban J connectivity index is 1.65. The summed E-state index contributed by atoms with van der Waals surface area (Å²) in [4.78, 5) is 19.3. The molecule has 1 N–H and O–H groups in total. The number of benzene rings is 1. The number of rotatable bonds is 4. The second-order valence-electron chi connectivity index (χ2n) is 6.51. The topological polar surface area (TPSA) is 68.6 Å². The summed E-state index contributed by atoms with van der Waals surface area (Å²) >= 11 is 0. The normalized spacial score (nSPS) is 15.6. The molecule has 0 fully saturated rings. The van der Waals surface area contributed by atoms with E-state index in [2.05, 4.69) is 14.9 Å². The number of pyridine rings is 1. The van der Waals surface area contributed by atoms with Crippen LogP contribution in [0.2, 0.25) is 0 Å². The zero-order valence-corrected chi connectivity index (χ0v) is 15.8. The minimum absolute atomic E-state index is 0.190. The molecular weight excluding hydrogens is 356 g/mol. The number of anilines is 1. The van der Waals surface area contributed by atoms with Crippen molar-refractivity contribution in [2.45, 2.75) is 12.6 Å². The number of fused-ring (bicyclic) bond motifs is 1. The highest BCUT2D eigenvalue weighted by Gasteiger charge is 2.32. The summed E-state index contributed by atoms with van der Waals surface area (Å²) in [5, 5.41) is 2.98. The molecule has 3 heterocycles. The number of aromatic nitrogens is 2. The third-order valence-corrected chi connectivity index (χ3v) is 4.95. The molecule has 1 atom stereocenters. The molecule has 0 saturated carbocycles. The van der Waals surface area contributed by atoms with Crippen molar-refractivity contribution in [1.29, 1.82) is 0 Å². The molecule has 1 unspecified atom stereocenters. The fraction of sp³-hybridized carbons (Fsp3) is 0.238. The zero-order valence-electron chi connectivity index (χ0n) is 15.8. The van der Waals surface area contributed by atoms with Gasteiger partial charge >= 0.3 is 6.03 Å². The molecule has 2 amide bonds. The fourth-order valence-electron chi connectivity index (χ4n) is 3.58. The maximum absolute atomic E-state index is 13.2. The second kappa shape index (κ2) is 7.64. The average molecular weight is 378 g/mol. The van der Waals surface area contributed by atoms with Crippen molar-refractivity contribution in [3.05, 3.63) is 72.3 Å². The maximum atomic E-state index is 13.2. The van der Waals surface area contributed by atoms with Crippen molar-refractivity contribution < 1.29 is 14.3 Å². The van der Waals surface area contributed by atoms with Gasteiger partial charge in [0.25, 0.3) is 0 Å². The summed E-state index contributed by atoms with van der Waals surface area (Å²) < 4.78 is 12.8. The van der Waals surface area contributed by atoms with Crippen molar-refractivity contribution in [2.75, 3.05) is 26.1 Å². The first-order chi connectivity index (χ1) is 13.7. The molecule has 1 aromatic carbocycles. The Kier molecular flexibility index (Phi) is 4.89. The van der Waals surface area contributed by atoms with Gasteiger partial charge in [-0.3, -0.25) is 4.98 Å². The Labute approximate surface area is 163 Å². The van der Waals surface area contributed by atoms with Crippen LogP contribution in [0.5, 0.6) is 11.5 Å². The van der Waals surface area contributed by atoms with E-state index in [1.807, 2.05) is 41.6 Å². The molecule has 1 aliphatic heterocycles. The van der Waals surface area contributed by atoms with Crippen molar-refractivity contribution in [1.82, 2.24) is 14.5 Å². The van der Waals surface area contributed by atoms with Crippen LogP contribution in [0, 0.1) is 0 Å². The highest BCUT2D eigenvalue weighted by molar-refractivity contribution is 5.91. The van der Waals surface area contributed by atoms with Crippen LogP contribution in [-0.4, -0.2) is 41.2 Å². The Morgan fingerprint density at radius 3 is 2.79 bits per heavy atom. The standard InChI is InChI=1S/C21H22N4O3/c1-27-16-7-8-17(19(13-16)28-2)23-21(26)25-12-11-24-10-4-6-18(24)20(25)15-5-3-9-22-14-15/h3-10,13-14,20H,11-12H2,1-2H3,(H,23,26). The van der Waals surface area contributed by atoms with Gasteiger partial charge in [0, 0.05) is 43.4 Å². The van der Waals surface area contributed by atoms with Gasteiger partial charge < -0.3 is 24.3 Å². The van der Waals surface area contributed by atoms with Gasteiger partial charge in [0.15, 0.2) is 0 Å². The van der Waals surface area contributed by atoms with Crippen LogP contribution >= 0.6 is 0 Å². The maximum Gasteiger partial charge on any atom is 0.322 e. The lowest BCUT2D eigenvalue weighted by Gasteiger charge is -2.37. The Morgan fingerprint density at radius 1 is 1.14 bits per heavy atom. The number of nitrogens with one attached hydrogen (secondary N) is 1. The molecule has 7 heteroatoms. The minimum atomic E-state index is -0.207. The van der Waals surface area contributed by atoms with E-state index in [0.29, 0.717) is 23.7 Å². The van der Waals surface area contributed by atoms with Gasteiger partial charge in [0.2, 0.25) is 0 Å². The lowest BCUT2D eigenvalue weighted by Crippen LogP contribution is -2.44.